The van der Waals surface area contributed by atoms with Crippen LogP contribution in [0.2, 0.25) is 5.02 Å². The molecule has 6 heteroatoms. The first-order valence-electron chi connectivity index (χ1n) is 8.41. The van der Waals surface area contributed by atoms with Gasteiger partial charge in [0.25, 0.3) is 5.91 Å². The van der Waals surface area contributed by atoms with E-state index in [1.807, 2.05) is 0 Å². The minimum absolute atomic E-state index is 0.0797. The molecule has 4 unspecified atom stereocenters. The Morgan fingerprint density at radius 3 is 2.79 bits per heavy atom. The Bertz CT molecular complexity index is 605. The number of rotatable bonds is 4. The summed E-state index contributed by atoms with van der Waals surface area (Å²) < 4.78 is 5.28. The van der Waals surface area contributed by atoms with Gasteiger partial charge in [0.05, 0.1) is 0 Å². The summed E-state index contributed by atoms with van der Waals surface area (Å²) in [5, 5.41) is 6.79. The fourth-order valence-electron chi connectivity index (χ4n) is 3.98. The normalized spacial score (nSPS) is 29.5. The first kappa shape index (κ1) is 17.2. The number of amides is 2. The number of ether oxygens (including phenoxy) is 1. The van der Waals surface area contributed by atoms with Crippen molar-refractivity contribution in [3.8, 4) is 0 Å². The maximum Gasteiger partial charge on any atom is 0.251 e. The molecule has 0 aromatic heterocycles. The molecule has 1 aliphatic carbocycles. The lowest BCUT2D eigenvalue weighted by atomic mass is 9.71. The molecule has 1 saturated carbocycles. The molecule has 1 heterocycles. The summed E-state index contributed by atoms with van der Waals surface area (Å²) in [5.41, 5.74) is 0.603. The molecule has 0 spiro atoms. The van der Waals surface area contributed by atoms with E-state index in [1.54, 1.807) is 31.4 Å². The Labute approximate surface area is 147 Å². The lowest BCUT2D eigenvalue weighted by Gasteiger charge is -2.43. The third-order valence-corrected chi connectivity index (χ3v) is 5.38. The van der Waals surface area contributed by atoms with Crippen molar-refractivity contribution in [2.75, 3.05) is 13.7 Å². The number of carbonyl (C=O) groups excluding carboxylic acids is 2. The quantitative estimate of drug-likeness (QED) is 0.876. The van der Waals surface area contributed by atoms with Gasteiger partial charge in [-0.2, -0.15) is 0 Å². The van der Waals surface area contributed by atoms with E-state index in [9.17, 15) is 9.59 Å². The lowest BCUT2D eigenvalue weighted by molar-refractivity contribution is -0.128. The molecule has 2 amide bonds. The van der Waals surface area contributed by atoms with Crippen LogP contribution in [0.25, 0.3) is 0 Å². The van der Waals surface area contributed by atoms with Crippen molar-refractivity contribution in [2.45, 2.75) is 37.8 Å². The van der Waals surface area contributed by atoms with Crippen molar-refractivity contribution >= 4 is 23.4 Å². The molecule has 1 saturated heterocycles. The first-order valence-corrected chi connectivity index (χ1v) is 8.79. The zero-order valence-corrected chi connectivity index (χ0v) is 14.5. The van der Waals surface area contributed by atoms with Crippen molar-refractivity contribution in [3.63, 3.8) is 0 Å². The summed E-state index contributed by atoms with van der Waals surface area (Å²) in [4.78, 5) is 24.3. The third-order valence-electron chi connectivity index (χ3n) is 5.13. The van der Waals surface area contributed by atoms with Crippen molar-refractivity contribution in [1.29, 1.82) is 0 Å². The average Bonchev–Trinajstić information content (AvgIpc) is 2.55. The van der Waals surface area contributed by atoms with Crippen LogP contribution < -0.4 is 10.6 Å². The molecule has 0 bridgehead atoms. The molecule has 2 fully saturated rings. The van der Waals surface area contributed by atoms with E-state index in [-0.39, 0.29) is 29.8 Å². The minimum atomic E-state index is -0.0919. The largest absolute Gasteiger partial charge is 0.384 e. The maximum atomic E-state index is 12.4. The molecule has 2 aliphatic rings. The van der Waals surface area contributed by atoms with E-state index >= 15 is 0 Å². The molecule has 24 heavy (non-hydrogen) atoms. The van der Waals surface area contributed by atoms with Crippen molar-refractivity contribution in [2.24, 2.45) is 11.8 Å². The average molecular weight is 351 g/mol. The molecule has 4 atom stereocenters. The van der Waals surface area contributed by atoms with Crippen molar-refractivity contribution in [3.05, 3.63) is 34.9 Å². The molecule has 5 nitrogen and oxygen atoms in total. The second-order valence-electron chi connectivity index (χ2n) is 6.75. The smallest absolute Gasteiger partial charge is 0.251 e. The van der Waals surface area contributed by atoms with Gasteiger partial charge < -0.3 is 15.4 Å². The van der Waals surface area contributed by atoms with E-state index in [4.69, 9.17) is 16.3 Å². The third kappa shape index (κ3) is 3.90. The molecule has 2 N–H and O–H groups in total. The predicted octanol–water partition coefficient (Wildman–Crippen LogP) is 2.39. The van der Waals surface area contributed by atoms with E-state index in [1.165, 1.54) is 0 Å². The number of hydrogen-bond donors (Lipinski definition) is 2. The predicted molar refractivity (Wildman–Crippen MR) is 92.0 cm³/mol. The summed E-state index contributed by atoms with van der Waals surface area (Å²) >= 11 is 5.86. The van der Waals surface area contributed by atoms with E-state index in [2.05, 4.69) is 10.6 Å². The monoisotopic (exact) mass is 350 g/mol. The number of fused-ring (bicyclic) bond motifs is 1. The van der Waals surface area contributed by atoms with Gasteiger partial charge in [0, 0.05) is 42.8 Å². The SMILES string of the molecule is COCC1CC(=O)NC2CC(NC(=O)c3ccc(Cl)cc3)CCC12. The first-order chi connectivity index (χ1) is 11.6. The van der Waals surface area contributed by atoms with Crippen molar-refractivity contribution in [1.82, 2.24) is 10.6 Å². The van der Waals surface area contributed by atoms with Crippen LogP contribution in [0, 0.1) is 11.8 Å². The maximum absolute atomic E-state index is 12.4. The van der Waals surface area contributed by atoms with Crippen molar-refractivity contribution < 1.29 is 14.3 Å². The van der Waals surface area contributed by atoms with Crippen LogP contribution in [0.5, 0.6) is 0 Å². The van der Waals surface area contributed by atoms with Gasteiger partial charge in [-0.15, -0.1) is 0 Å². The topological polar surface area (TPSA) is 67.4 Å². The zero-order chi connectivity index (χ0) is 17.1. The van der Waals surface area contributed by atoms with Crippen LogP contribution in [0.15, 0.2) is 24.3 Å². The number of hydrogen-bond acceptors (Lipinski definition) is 3. The molecule has 0 radical (unpaired) electrons. The highest BCUT2D eigenvalue weighted by Gasteiger charge is 2.40. The van der Waals surface area contributed by atoms with Gasteiger partial charge in [-0.1, -0.05) is 11.6 Å². The number of methoxy groups -OCH3 is 1. The molecule has 1 aliphatic heterocycles. The summed E-state index contributed by atoms with van der Waals surface area (Å²) in [6, 6.07) is 7.07. The molecule has 1 aromatic rings. The fourth-order valence-corrected chi connectivity index (χ4v) is 4.10. The highest BCUT2D eigenvalue weighted by molar-refractivity contribution is 6.30. The van der Waals surface area contributed by atoms with Crippen LogP contribution in [-0.2, 0) is 9.53 Å². The van der Waals surface area contributed by atoms with Crippen LogP contribution in [0.3, 0.4) is 0 Å². The summed E-state index contributed by atoms with van der Waals surface area (Å²) in [5.74, 6) is 0.710. The number of nitrogens with one attached hydrogen (secondary N) is 2. The molecular weight excluding hydrogens is 328 g/mol. The Kier molecular flexibility index (Phi) is 5.41. The Balaban J connectivity index is 1.61. The number of piperidine rings is 1. The fraction of sp³-hybridized carbons (Fsp3) is 0.556. The standard InChI is InChI=1S/C18H23ClN2O3/c1-24-10-12-8-17(22)21-16-9-14(6-7-15(12)16)20-18(23)11-2-4-13(19)5-3-11/h2-5,12,14-16H,6-10H2,1H3,(H,20,23)(H,21,22). The number of benzene rings is 1. The Hall–Kier alpha value is -1.59. The Morgan fingerprint density at radius 2 is 2.08 bits per heavy atom. The van der Waals surface area contributed by atoms with Crippen LogP contribution in [-0.4, -0.2) is 37.6 Å². The Morgan fingerprint density at radius 1 is 1.33 bits per heavy atom. The van der Waals surface area contributed by atoms with E-state index in [0.29, 0.717) is 29.5 Å². The summed E-state index contributed by atoms with van der Waals surface area (Å²) in [7, 11) is 1.68. The summed E-state index contributed by atoms with van der Waals surface area (Å²) in [6.45, 7) is 0.621. The number of halogens is 1. The molecule has 1 aromatic carbocycles. The van der Waals surface area contributed by atoms with Gasteiger partial charge in [0.1, 0.15) is 0 Å². The van der Waals surface area contributed by atoms with E-state index < -0.39 is 0 Å². The lowest BCUT2D eigenvalue weighted by Crippen LogP contribution is -2.56. The summed E-state index contributed by atoms with van der Waals surface area (Å²) in [6.07, 6.45) is 3.23. The van der Waals surface area contributed by atoms with Gasteiger partial charge >= 0.3 is 0 Å². The van der Waals surface area contributed by atoms with Gasteiger partial charge in [-0.3, -0.25) is 9.59 Å². The van der Waals surface area contributed by atoms with E-state index in [0.717, 1.165) is 19.3 Å². The van der Waals surface area contributed by atoms with Gasteiger partial charge in [-0.25, -0.2) is 0 Å². The van der Waals surface area contributed by atoms with Crippen LogP contribution >= 0.6 is 11.6 Å². The zero-order valence-electron chi connectivity index (χ0n) is 13.8. The highest BCUT2D eigenvalue weighted by atomic mass is 35.5. The van der Waals surface area contributed by atoms with Gasteiger partial charge in [0.15, 0.2) is 0 Å². The number of carbonyl (C=O) groups is 2. The highest BCUT2D eigenvalue weighted by Crippen LogP contribution is 2.35. The van der Waals surface area contributed by atoms with Gasteiger partial charge in [0.2, 0.25) is 5.91 Å². The minimum Gasteiger partial charge on any atom is -0.384 e. The van der Waals surface area contributed by atoms with Crippen LogP contribution in [0.4, 0.5) is 0 Å². The second-order valence-corrected chi connectivity index (χ2v) is 7.18. The van der Waals surface area contributed by atoms with Crippen LogP contribution in [0.1, 0.15) is 36.0 Å². The molecule has 3 rings (SSSR count). The second kappa shape index (κ2) is 7.53. The molecular formula is C18H23ClN2O3. The van der Waals surface area contributed by atoms with Gasteiger partial charge in [-0.05, 0) is 55.4 Å². The molecule has 130 valence electrons.